The molecule has 1 heterocycles. The fraction of sp³-hybridized carbons (Fsp3) is 0.391. The van der Waals surface area contributed by atoms with Gasteiger partial charge in [-0.2, -0.15) is 4.31 Å². The van der Waals surface area contributed by atoms with Gasteiger partial charge < -0.3 is 15.4 Å². The van der Waals surface area contributed by atoms with Crippen LogP contribution in [0.3, 0.4) is 0 Å². The van der Waals surface area contributed by atoms with Gasteiger partial charge in [0.2, 0.25) is 21.8 Å². The molecule has 0 atom stereocenters. The summed E-state index contributed by atoms with van der Waals surface area (Å²) in [4.78, 5) is 25.0. The maximum absolute atomic E-state index is 12.7. The van der Waals surface area contributed by atoms with Crippen molar-refractivity contribution in [3.8, 4) is 5.75 Å². The normalized spacial score (nSPS) is 15.2. The van der Waals surface area contributed by atoms with Gasteiger partial charge in [-0.3, -0.25) is 9.59 Å². The third-order valence-corrected chi connectivity index (χ3v) is 7.40. The Morgan fingerprint density at radius 1 is 1.09 bits per heavy atom. The average molecular weight is 460 g/mol. The van der Waals surface area contributed by atoms with Crippen molar-refractivity contribution in [1.82, 2.24) is 9.62 Å². The molecule has 1 saturated heterocycles. The number of carbonyl (C=O) groups excluding carboxylic acids is 2. The molecule has 3 rings (SSSR count). The van der Waals surface area contributed by atoms with E-state index in [9.17, 15) is 18.0 Å². The van der Waals surface area contributed by atoms with Crippen molar-refractivity contribution in [3.63, 3.8) is 0 Å². The van der Waals surface area contributed by atoms with E-state index in [2.05, 4.69) is 10.6 Å². The molecule has 0 aliphatic carbocycles. The first kappa shape index (κ1) is 23.7. The predicted molar refractivity (Wildman–Crippen MR) is 122 cm³/mol. The van der Waals surface area contributed by atoms with Crippen LogP contribution < -0.4 is 15.4 Å². The van der Waals surface area contributed by atoms with E-state index >= 15 is 0 Å². The first-order valence-corrected chi connectivity index (χ1v) is 12.0. The summed E-state index contributed by atoms with van der Waals surface area (Å²) in [5, 5.41) is 5.60. The molecule has 172 valence electrons. The lowest BCUT2D eigenvalue weighted by molar-refractivity contribution is -0.126. The van der Waals surface area contributed by atoms with Gasteiger partial charge in [0.05, 0.1) is 17.7 Å². The van der Waals surface area contributed by atoms with Crippen molar-refractivity contribution in [2.75, 3.05) is 32.1 Å². The molecule has 1 aliphatic rings. The summed E-state index contributed by atoms with van der Waals surface area (Å²) in [6.45, 7) is 2.72. The third-order valence-electron chi connectivity index (χ3n) is 5.49. The molecule has 9 heteroatoms. The fourth-order valence-electron chi connectivity index (χ4n) is 3.68. The Balaban J connectivity index is 1.44. The minimum absolute atomic E-state index is 0.129. The average Bonchev–Trinajstić information content (AvgIpc) is 2.80. The molecule has 0 saturated carbocycles. The zero-order chi connectivity index (χ0) is 23.1. The van der Waals surface area contributed by atoms with Crippen molar-refractivity contribution < 1.29 is 22.7 Å². The van der Waals surface area contributed by atoms with Gasteiger partial charge in [0.25, 0.3) is 0 Å². The fourth-order valence-corrected chi connectivity index (χ4v) is 5.17. The van der Waals surface area contributed by atoms with E-state index in [1.165, 1.54) is 11.4 Å². The van der Waals surface area contributed by atoms with Crippen LogP contribution in [0, 0.1) is 12.8 Å². The molecule has 2 aromatic rings. The third kappa shape index (κ3) is 5.86. The molecule has 0 aromatic heterocycles. The summed E-state index contributed by atoms with van der Waals surface area (Å²) in [6, 6.07) is 13.8. The summed E-state index contributed by atoms with van der Waals surface area (Å²) in [5.74, 6) is -0.0666. The van der Waals surface area contributed by atoms with Crippen molar-refractivity contribution in [3.05, 3.63) is 54.1 Å². The number of amides is 2. The van der Waals surface area contributed by atoms with Crippen molar-refractivity contribution in [1.29, 1.82) is 0 Å². The topological polar surface area (TPSA) is 105 Å². The summed E-state index contributed by atoms with van der Waals surface area (Å²) >= 11 is 0. The molecule has 2 aromatic carbocycles. The number of nitrogens with zero attached hydrogens (tertiary/aromatic N) is 1. The molecule has 1 fully saturated rings. The zero-order valence-electron chi connectivity index (χ0n) is 18.3. The number of aryl methyl sites for hydroxylation is 1. The Hall–Kier alpha value is -2.91. The number of anilines is 1. The Kier molecular flexibility index (Phi) is 7.87. The number of ether oxygens (including phenoxy) is 1. The minimum atomic E-state index is -3.54. The predicted octanol–water partition coefficient (Wildman–Crippen LogP) is 2.55. The number of rotatable bonds is 8. The second-order valence-electron chi connectivity index (χ2n) is 7.78. The number of nitrogens with one attached hydrogen (secondary N) is 2. The van der Waals surface area contributed by atoms with E-state index in [-0.39, 0.29) is 35.6 Å². The first-order valence-electron chi connectivity index (χ1n) is 10.6. The van der Waals surface area contributed by atoms with Gasteiger partial charge in [-0.25, -0.2) is 8.42 Å². The molecule has 2 amide bonds. The first-order chi connectivity index (χ1) is 15.3. The minimum Gasteiger partial charge on any atom is -0.495 e. The number of hydrogen-bond donors (Lipinski definition) is 2. The largest absolute Gasteiger partial charge is 0.495 e. The maximum atomic E-state index is 12.7. The molecular weight excluding hydrogens is 430 g/mol. The highest BCUT2D eigenvalue weighted by atomic mass is 32.2. The van der Waals surface area contributed by atoms with Crippen LogP contribution in [0.2, 0.25) is 0 Å². The highest BCUT2D eigenvalue weighted by Gasteiger charge is 2.31. The van der Waals surface area contributed by atoms with E-state index in [0.717, 1.165) is 5.56 Å². The van der Waals surface area contributed by atoms with Gasteiger partial charge >= 0.3 is 0 Å². The van der Waals surface area contributed by atoms with Crippen molar-refractivity contribution in [2.45, 2.75) is 31.1 Å². The lowest BCUT2D eigenvalue weighted by atomic mass is 9.97. The van der Waals surface area contributed by atoms with E-state index in [4.69, 9.17) is 4.74 Å². The Morgan fingerprint density at radius 2 is 1.78 bits per heavy atom. The SMILES string of the molecule is COc1ccc(C)cc1NC(=O)CCNC(=O)C1CCN(S(=O)(=O)c2ccccc2)CC1. The van der Waals surface area contributed by atoms with Crippen molar-refractivity contribution in [2.24, 2.45) is 5.92 Å². The number of methoxy groups -OCH3 is 1. The second-order valence-corrected chi connectivity index (χ2v) is 9.72. The van der Waals surface area contributed by atoms with E-state index in [1.807, 2.05) is 19.1 Å². The van der Waals surface area contributed by atoms with Gasteiger partial charge in [0, 0.05) is 32.0 Å². The van der Waals surface area contributed by atoms with Crippen molar-refractivity contribution >= 4 is 27.5 Å². The standard InChI is InChI=1S/C23H29N3O5S/c1-17-8-9-21(31-2)20(16-17)25-22(27)10-13-24-23(28)18-11-14-26(15-12-18)32(29,30)19-6-4-3-5-7-19/h3-9,16,18H,10-15H2,1-2H3,(H,24,28)(H,25,27). The number of benzene rings is 2. The molecule has 32 heavy (non-hydrogen) atoms. The maximum Gasteiger partial charge on any atom is 0.243 e. The van der Waals surface area contributed by atoms with Crippen LogP contribution in [0.4, 0.5) is 5.69 Å². The molecule has 1 aliphatic heterocycles. The Morgan fingerprint density at radius 3 is 2.44 bits per heavy atom. The van der Waals surface area contributed by atoms with E-state index in [0.29, 0.717) is 37.4 Å². The van der Waals surface area contributed by atoms with Crippen LogP contribution in [-0.2, 0) is 19.6 Å². The number of piperidine rings is 1. The Bertz CT molecular complexity index is 1050. The van der Waals surface area contributed by atoms with Crippen LogP contribution in [0.1, 0.15) is 24.8 Å². The summed E-state index contributed by atoms with van der Waals surface area (Å²) < 4.78 is 32.1. The van der Waals surface area contributed by atoms with Crippen LogP contribution in [0.15, 0.2) is 53.4 Å². The van der Waals surface area contributed by atoms with Crippen LogP contribution in [0.5, 0.6) is 5.75 Å². The molecule has 0 bridgehead atoms. The van der Waals surface area contributed by atoms with Crippen LogP contribution in [-0.4, -0.2) is 51.3 Å². The lowest BCUT2D eigenvalue weighted by Gasteiger charge is -2.30. The zero-order valence-corrected chi connectivity index (χ0v) is 19.2. The monoisotopic (exact) mass is 459 g/mol. The van der Waals surface area contributed by atoms with E-state index < -0.39 is 10.0 Å². The number of sulfonamides is 1. The molecular formula is C23H29N3O5S. The second kappa shape index (κ2) is 10.6. The van der Waals surface area contributed by atoms with Crippen LogP contribution in [0.25, 0.3) is 0 Å². The van der Waals surface area contributed by atoms with E-state index in [1.54, 1.807) is 36.4 Å². The molecule has 2 N–H and O–H groups in total. The lowest BCUT2D eigenvalue weighted by Crippen LogP contribution is -2.43. The number of hydrogen-bond acceptors (Lipinski definition) is 5. The highest BCUT2D eigenvalue weighted by Crippen LogP contribution is 2.26. The van der Waals surface area contributed by atoms with Gasteiger partial charge in [-0.05, 0) is 49.6 Å². The Labute approximate surface area is 189 Å². The molecule has 8 nitrogen and oxygen atoms in total. The smallest absolute Gasteiger partial charge is 0.243 e. The van der Waals surface area contributed by atoms with Crippen LogP contribution >= 0.6 is 0 Å². The van der Waals surface area contributed by atoms with Gasteiger partial charge in [-0.15, -0.1) is 0 Å². The summed E-state index contributed by atoms with van der Waals surface area (Å²) in [7, 11) is -2.00. The van der Waals surface area contributed by atoms with Gasteiger partial charge in [0.1, 0.15) is 5.75 Å². The molecule has 0 radical (unpaired) electrons. The molecule has 0 spiro atoms. The van der Waals surface area contributed by atoms with Gasteiger partial charge in [0.15, 0.2) is 0 Å². The quantitative estimate of drug-likeness (QED) is 0.631. The molecule has 0 unspecified atom stereocenters. The summed E-state index contributed by atoms with van der Waals surface area (Å²) in [6.07, 6.45) is 1.03. The van der Waals surface area contributed by atoms with Gasteiger partial charge in [-0.1, -0.05) is 24.3 Å². The number of carbonyl (C=O) groups is 2. The highest BCUT2D eigenvalue weighted by molar-refractivity contribution is 7.89. The summed E-state index contributed by atoms with van der Waals surface area (Å²) in [5.41, 5.74) is 1.59.